The minimum Gasteiger partial charge on any atom is -0.300 e. The van der Waals surface area contributed by atoms with E-state index < -0.39 is 0 Å². The molecule has 72 valence electrons. The minimum absolute atomic E-state index is 0.533. The third kappa shape index (κ3) is 1.13. The normalized spacial score (nSPS) is 10.7. The molecule has 0 saturated heterocycles. The van der Waals surface area contributed by atoms with Gasteiger partial charge in [-0.05, 0) is 19.1 Å². The van der Waals surface area contributed by atoms with Gasteiger partial charge in [-0.3, -0.25) is 4.79 Å². The van der Waals surface area contributed by atoms with E-state index in [2.05, 4.69) is 4.98 Å². The lowest BCUT2D eigenvalue weighted by atomic mass is 10.3. The van der Waals surface area contributed by atoms with Crippen LogP contribution in [-0.4, -0.2) is 15.7 Å². The monoisotopic (exact) mass is 188 g/mol. The van der Waals surface area contributed by atoms with Crippen molar-refractivity contribution in [2.75, 3.05) is 0 Å². The van der Waals surface area contributed by atoms with E-state index in [1.807, 2.05) is 36.4 Å². The summed E-state index contributed by atoms with van der Waals surface area (Å²) in [6.07, 6.45) is 1.65. The molecule has 2 aromatic rings. The largest absolute Gasteiger partial charge is 0.300 e. The number of nitrogens with zero attached hydrogens (tertiary/aromatic N) is 2. The Morgan fingerprint density at radius 3 is 2.93 bits per heavy atom. The highest BCUT2D eigenvalue weighted by molar-refractivity contribution is 5.83. The number of aldehydes is 1. The van der Waals surface area contributed by atoms with Gasteiger partial charge in [0.25, 0.3) is 0 Å². The Hall–Kier alpha value is -1.64. The van der Waals surface area contributed by atoms with Gasteiger partial charge in [0.15, 0.2) is 6.29 Å². The molecule has 14 heavy (non-hydrogen) atoms. The molecule has 0 aliphatic carbocycles. The Morgan fingerprint density at radius 2 is 2.29 bits per heavy atom. The molecule has 0 radical (unpaired) electrons. The molecule has 2 heterocycles. The minimum atomic E-state index is 0.533. The predicted octanol–water partition coefficient (Wildman–Crippen LogP) is 2.02. The third-order valence-electron chi connectivity index (χ3n) is 2.38. The van der Waals surface area contributed by atoms with Gasteiger partial charge in [0.1, 0.15) is 11.5 Å². The molecule has 0 saturated carbocycles. The fourth-order valence-corrected chi connectivity index (χ4v) is 1.73. The molecule has 0 spiro atoms. The number of rotatable bonds is 2. The molecule has 0 unspecified atom stereocenters. The van der Waals surface area contributed by atoms with Crippen LogP contribution in [-0.2, 0) is 6.42 Å². The van der Waals surface area contributed by atoms with Crippen molar-refractivity contribution in [2.45, 2.75) is 20.3 Å². The summed E-state index contributed by atoms with van der Waals surface area (Å²) in [6.45, 7) is 4.05. The van der Waals surface area contributed by atoms with Crippen LogP contribution >= 0.6 is 0 Å². The highest BCUT2D eigenvalue weighted by Crippen LogP contribution is 2.14. The van der Waals surface area contributed by atoms with Crippen molar-refractivity contribution in [2.24, 2.45) is 0 Å². The summed E-state index contributed by atoms with van der Waals surface area (Å²) in [5.74, 6) is 0.945. The lowest BCUT2D eigenvalue weighted by molar-refractivity contribution is 0.112. The highest BCUT2D eigenvalue weighted by Gasteiger charge is 2.09. The van der Waals surface area contributed by atoms with E-state index in [0.717, 1.165) is 29.7 Å². The van der Waals surface area contributed by atoms with Crippen molar-refractivity contribution >= 4 is 11.8 Å². The zero-order chi connectivity index (χ0) is 10.1. The second-order valence-electron chi connectivity index (χ2n) is 3.27. The molecule has 3 nitrogen and oxygen atoms in total. The first-order chi connectivity index (χ1) is 6.77. The van der Waals surface area contributed by atoms with Crippen LogP contribution in [0.3, 0.4) is 0 Å². The van der Waals surface area contributed by atoms with Gasteiger partial charge in [0.2, 0.25) is 0 Å². The maximum atomic E-state index is 10.8. The van der Waals surface area contributed by atoms with E-state index >= 15 is 0 Å². The van der Waals surface area contributed by atoms with Crippen molar-refractivity contribution in [1.82, 2.24) is 9.38 Å². The van der Waals surface area contributed by atoms with Crippen molar-refractivity contribution in [1.29, 1.82) is 0 Å². The number of aryl methyl sites for hydroxylation is 2. The summed E-state index contributed by atoms with van der Waals surface area (Å²) in [4.78, 5) is 15.1. The van der Waals surface area contributed by atoms with Crippen molar-refractivity contribution in [3.05, 3.63) is 35.4 Å². The van der Waals surface area contributed by atoms with Gasteiger partial charge in [-0.2, -0.15) is 0 Å². The van der Waals surface area contributed by atoms with E-state index in [1.54, 1.807) is 0 Å². The second kappa shape index (κ2) is 3.25. The van der Waals surface area contributed by atoms with Gasteiger partial charge in [0.05, 0.1) is 5.52 Å². The number of hydrogen-bond acceptors (Lipinski definition) is 2. The smallest absolute Gasteiger partial charge is 0.170 e. The molecule has 0 aliphatic heterocycles. The standard InChI is InChI=1S/C11H12N2O/c1-3-11-12-9(7-14)10-6-4-5-8(2)13(10)11/h4-7H,3H2,1-2H3. The van der Waals surface area contributed by atoms with Gasteiger partial charge in [-0.15, -0.1) is 0 Å². The van der Waals surface area contributed by atoms with E-state index in [9.17, 15) is 4.79 Å². The Kier molecular flexibility index (Phi) is 2.08. The molecule has 0 N–H and O–H groups in total. The van der Waals surface area contributed by atoms with Crippen LogP contribution in [0, 0.1) is 6.92 Å². The van der Waals surface area contributed by atoms with E-state index in [-0.39, 0.29) is 0 Å². The lowest BCUT2D eigenvalue weighted by Crippen LogP contribution is -1.95. The summed E-state index contributed by atoms with van der Waals surface area (Å²) >= 11 is 0. The predicted molar refractivity (Wildman–Crippen MR) is 54.7 cm³/mol. The summed E-state index contributed by atoms with van der Waals surface area (Å²) < 4.78 is 2.03. The van der Waals surface area contributed by atoms with Crippen molar-refractivity contribution < 1.29 is 4.79 Å². The molecule has 2 rings (SSSR count). The van der Waals surface area contributed by atoms with Gasteiger partial charge in [-0.1, -0.05) is 13.0 Å². The van der Waals surface area contributed by atoms with Crippen LogP contribution < -0.4 is 0 Å². The molecule has 0 bridgehead atoms. The van der Waals surface area contributed by atoms with Crippen LogP contribution in [0.25, 0.3) is 5.52 Å². The molecule has 3 heteroatoms. The fourth-order valence-electron chi connectivity index (χ4n) is 1.73. The number of carbonyl (C=O) groups is 1. The molecule has 0 atom stereocenters. The Morgan fingerprint density at radius 1 is 1.50 bits per heavy atom. The summed E-state index contributed by atoms with van der Waals surface area (Å²) in [6, 6.07) is 5.88. The number of aromatic nitrogens is 2. The molecule has 0 aliphatic rings. The average Bonchev–Trinajstić information content (AvgIpc) is 2.57. The van der Waals surface area contributed by atoms with Crippen LogP contribution in [0.4, 0.5) is 0 Å². The van der Waals surface area contributed by atoms with E-state index in [0.29, 0.717) is 5.69 Å². The molecule has 2 aromatic heterocycles. The zero-order valence-corrected chi connectivity index (χ0v) is 8.32. The van der Waals surface area contributed by atoms with Crippen molar-refractivity contribution in [3.63, 3.8) is 0 Å². The van der Waals surface area contributed by atoms with Gasteiger partial charge >= 0.3 is 0 Å². The number of carbonyl (C=O) groups excluding carboxylic acids is 1. The maximum Gasteiger partial charge on any atom is 0.170 e. The van der Waals surface area contributed by atoms with E-state index in [4.69, 9.17) is 0 Å². The topological polar surface area (TPSA) is 34.4 Å². The highest BCUT2D eigenvalue weighted by atomic mass is 16.1. The fraction of sp³-hybridized carbons (Fsp3) is 0.273. The van der Waals surface area contributed by atoms with Gasteiger partial charge in [-0.25, -0.2) is 4.98 Å². The van der Waals surface area contributed by atoms with Crippen LogP contribution in [0.15, 0.2) is 18.2 Å². The Bertz CT molecular complexity index is 485. The number of fused-ring (bicyclic) bond motifs is 1. The van der Waals surface area contributed by atoms with Gasteiger partial charge in [0, 0.05) is 12.1 Å². The first-order valence-electron chi connectivity index (χ1n) is 4.70. The van der Waals surface area contributed by atoms with Crippen LogP contribution in [0.2, 0.25) is 0 Å². The first kappa shape index (κ1) is 8.94. The molecular weight excluding hydrogens is 176 g/mol. The first-order valence-corrected chi connectivity index (χ1v) is 4.70. The summed E-state index contributed by atoms with van der Waals surface area (Å²) in [5.41, 5.74) is 2.54. The average molecular weight is 188 g/mol. The molecular formula is C11H12N2O. The number of hydrogen-bond donors (Lipinski definition) is 0. The molecule has 0 aromatic carbocycles. The second-order valence-corrected chi connectivity index (χ2v) is 3.27. The molecule has 0 fully saturated rings. The quantitative estimate of drug-likeness (QED) is 0.676. The Balaban J connectivity index is 2.88. The summed E-state index contributed by atoms with van der Waals surface area (Å²) in [7, 11) is 0. The lowest BCUT2D eigenvalue weighted by Gasteiger charge is -2.01. The number of imidazole rings is 1. The zero-order valence-electron chi connectivity index (χ0n) is 8.32. The maximum absolute atomic E-state index is 10.8. The van der Waals surface area contributed by atoms with Crippen molar-refractivity contribution in [3.8, 4) is 0 Å². The van der Waals surface area contributed by atoms with E-state index in [1.165, 1.54) is 0 Å². The van der Waals surface area contributed by atoms with Gasteiger partial charge < -0.3 is 4.40 Å². The third-order valence-corrected chi connectivity index (χ3v) is 2.38. The van der Waals surface area contributed by atoms with Crippen LogP contribution in [0.5, 0.6) is 0 Å². The summed E-state index contributed by atoms with van der Waals surface area (Å²) in [5, 5.41) is 0. The molecule has 0 amide bonds. The Labute approximate surface area is 82.4 Å². The number of pyridine rings is 1. The van der Waals surface area contributed by atoms with Crippen LogP contribution in [0.1, 0.15) is 28.9 Å². The SMILES string of the molecule is CCc1nc(C=O)c2cccc(C)n12.